The molecule has 0 spiro atoms. The molecule has 1 aromatic rings. The number of piperazine rings is 1. The highest BCUT2D eigenvalue weighted by atomic mass is 16.5. The minimum atomic E-state index is 0.166. The van der Waals surface area contributed by atoms with E-state index >= 15 is 0 Å². The summed E-state index contributed by atoms with van der Waals surface area (Å²) >= 11 is 0. The second kappa shape index (κ2) is 5.99. The molecule has 0 bridgehead atoms. The lowest BCUT2D eigenvalue weighted by Gasteiger charge is -2.37. The van der Waals surface area contributed by atoms with Crippen molar-refractivity contribution in [3.05, 3.63) is 34.9 Å². The van der Waals surface area contributed by atoms with Crippen molar-refractivity contribution in [1.29, 1.82) is 0 Å². The van der Waals surface area contributed by atoms with E-state index in [2.05, 4.69) is 10.2 Å². The van der Waals surface area contributed by atoms with Gasteiger partial charge in [0.15, 0.2) is 0 Å². The van der Waals surface area contributed by atoms with Crippen LogP contribution < -0.4 is 5.32 Å². The molecule has 5 heteroatoms. The van der Waals surface area contributed by atoms with Gasteiger partial charge < -0.3 is 15.0 Å². The summed E-state index contributed by atoms with van der Waals surface area (Å²) in [4.78, 5) is 17.2. The number of ether oxygens (including phenoxy) is 1. The Labute approximate surface area is 131 Å². The lowest BCUT2D eigenvalue weighted by Crippen LogP contribution is -2.52. The van der Waals surface area contributed by atoms with E-state index < -0.39 is 0 Å². The van der Waals surface area contributed by atoms with Gasteiger partial charge in [0.25, 0.3) is 5.91 Å². The third kappa shape index (κ3) is 2.64. The van der Waals surface area contributed by atoms with E-state index in [-0.39, 0.29) is 5.91 Å². The molecule has 3 aliphatic heterocycles. The molecule has 1 amide bonds. The molecule has 3 aliphatic rings. The number of nitrogens with zero attached hydrogens (tertiary/aromatic N) is 2. The van der Waals surface area contributed by atoms with E-state index in [0.29, 0.717) is 19.3 Å². The highest BCUT2D eigenvalue weighted by Crippen LogP contribution is 2.22. The van der Waals surface area contributed by atoms with Gasteiger partial charge in [0, 0.05) is 44.3 Å². The number of rotatable bonds is 2. The van der Waals surface area contributed by atoms with Gasteiger partial charge >= 0.3 is 0 Å². The molecule has 5 nitrogen and oxygen atoms in total. The number of carbonyl (C=O) groups is 1. The van der Waals surface area contributed by atoms with Crippen molar-refractivity contribution in [3.8, 4) is 0 Å². The molecule has 118 valence electrons. The fourth-order valence-corrected chi connectivity index (χ4v) is 3.73. The molecule has 0 aromatic heterocycles. The maximum Gasteiger partial charge on any atom is 0.253 e. The molecule has 1 N–H and O–H groups in total. The monoisotopic (exact) mass is 301 g/mol. The first kappa shape index (κ1) is 14.2. The first-order valence-corrected chi connectivity index (χ1v) is 8.25. The summed E-state index contributed by atoms with van der Waals surface area (Å²) in [5.41, 5.74) is 3.19. The smallest absolute Gasteiger partial charge is 0.253 e. The molecule has 1 atom stereocenters. The Kier molecular flexibility index (Phi) is 3.86. The van der Waals surface area contributed by atoms with E-state index in [1.807, 2.05) is 23.1 Å². The fourth-order valence-electron chi connectivity index (χ4n) is 3.73. The number of carbonyl (C=O) groups excluding carboxylic acids is 1. The van der Waals surface area contributed by atoms with E-state index in [4.69, 9.17) is 4.74 Å². The zero-order valence-corrected chi connectivity index (χ0v) is 12.9. The first-order valence-electron chi connectivity index (χ1n) is 8.25. The topological polar surface area (TPSA) is 44.8 Å². The van der Waals surface area contributed by atoms with Crippen molar-refractivity contribution in [1.82, 2.24) is 15.1 Å². The molecule has 0 aliphatic carbocycles. The average Bonchev–Trinajstić information content (AvgIpc) is 3.25. The Bertz CT molecular complexity index is 561. The molecular weight excluding hydrogens is 278 g/mol. The molecule has 1 aromatic carbocycles. The van der Waals surface area contributed by atoms with Gasteiger partial charge in [-0.25, -0.2) is 0 Å². The van der Waals surface area contributed by atoms with Crippen molar-refractivity contribution in [2.24, 2.45) is 0 Å². The zero-order valence-electron chi connectivity index (χ0n) is 12.9. The molecule has 2 saturated heterocycles. The third-order valence-electron chi connectivity index (χ3n) is 5.12. The van der Waals surface area contributed by atoms with Gasteiger partial charge in [-0.3, -0.25) is 9.69 Å². The van der Waals surface area contributed by atoms with Crippen LogP contribution in [-0.4, -0.2) is 61.0 Å². The van der Waals surface area contributed by atoms with Crippen LogP contribution in [0.5, 0.6) is 0 Å². The molecule has 0 saturated carbocycles. The first-order chi connectivity index (χ1) is 10.8. The van der Waals surface area contributed by atoms with Crippen molar-refractivity contribution < 1.29 is 9.53 Å². The maximum atomic E-state index is 12.7. The third-order valence-corrected chi connectivity index (χ3v) is 5.12. The van der Waals surface area contributed by atoms with Crippen molar-refractivity contribution in [2.75, 3.05) is 39.3 Å². The van der Waals surface area contributed by atoms with Gasteiger partial charge in [0.1, 0.15) is 0 Å². The fraction of sp³-hybridized carbons (Fsp3) is 0.588. The van der Waals surface area contributed by atoms with Crippen molar-refractivity contribution in [3.63, 3.8) is 0 Å². The minimum Gasteiger partial charge on any atom is -0.372 e. The van der Waals surface area contributed by atoms with Gasteiger partial charge in [-0.05, 0) is 36.2 Å². The normalized spacial score (nSPS) is 25.5. The van der Waals surface area contributed by atoms with Crippen molar-refractivity contribution >= 4 is 5.91 Å². The van der Waals surface area contributed by atoms with Gasteiger partial charge in [0.05, 0.1) is 13.2 Å². The highest BCUT2D eigenvalue weighted by molar-refractivity contribution is 5.94. The minimum absolute atomic E-state index is 0.166. The van der Waals surface area contributed by atoms with Gasteiger partial charge in [-0.15, -0.1) is 0 Å². The Balaban J connectivity index is 1.39. The Morgan fingerprint density at radius 1 is 1.14 bits per heavy atom. The molecule has 22 heavy (non-hydrogen) atoms. The summed E-state index contributed by atoms with van der Waals surface area (Å²) in [7, 11) is 0. The van der Waals surface area contributed by atoms with Gasteiger partial charge in [-0.2, -0.15) is 0 Å². The van der Waals surface area contributed by atoms with Crippen LogP contribution in [0, 0.1) is 0 Å². The van der Waals surface area contributed by atoms with Crippen LogP contribution >= 0.6 is 0 Å². The molecule has 3 heterocycles. The highest BCUT2D eigenvalue weighted by Gasteiger charge is 2.28. The second-order valence-electron chi connectivity index (χ2n) is 6.45. The molecular formula is C17H23N3O2. The van der Waals surface area contributed by atoms with Crippen LogP contribution in [0.3, 0.4) is 0 Å². The Morgan fingerprint density at radius 2 is 1.95 bits per heavy atom. The molecule has 2 fully saturated rings. The van der Waals surface area contributed by atoms with E-state index in [9.17, 15) is 4.79 Å². The number of nitrogens with one attached hydrogen (secondary N) is 1. The zero-order chi connectivity index (χ0) is 14.9. The summed E-state index contributed by atoms with van der Waals surface area (Å²) < 4.78 is 5.43. The summed E-state index contributed by atoms with van der Waals surface area (Å²) in [6.45, 7) is 7.20. The number of fused-ring (bicyclic) bond motifs is 1. The number of hydrogen-bond acceptors (Lipinski definition) is 4. The van der Waals surface area contributed by atoms with Crippen LogP contribution in [0.15, 0.2) is 18.2 Å². The summed E-state index contributed by atoms with van der Waals surface area (Å²) in [6.07, 6.45) is 1.23. The van der Waals surface area contributed by atoms with Crippen molar-refractivity contribution in [2.45, 2.75) is 25.7 Å². The van der Waals surface area contributed by atoms with Crippen LogP contribution in [0.25, 0.3) is 0 Å². The lowest BCUT2D eigenvalue weighted by molar-refractivity contribution is 0.0583. The lowest BCUT2D eigenvalue weighted by atomic mass is 10.1. The SMILES string of the molecule is O=C(c1ccc2c(c1)COC2)N1CCN(C2CCNC2)CC1. The number of benzene rings is 1. The number of amides is 1. The Morgan fingerprint density at radius 3 is 2.73 bits per heavy atom. The predicted octanol–water partition coefficient (Wildman–Crippen LogP) is 0.837. The summed E-state index contributed by atoms with van der Waals surface area (Å²) in [5, 5.41) is 3.42. The second-order valence-corrected chi connectivity index (χ2v) is 6.45. The van der Waals surface area contributed by atoms with E-state index in [1.54, 1.807) is 0 Å². The summed E-state index contributed by atoms with van der Waals surface area (Å²) in [6, 6.07) is 6.66. The predicted molar refractivity (Wildman–Crippen MR) is 83.7 cm³/mol. The van der Waals surface area contributed by atoms with Crippen LogP contribution in [0.4, 0.5) is 0 Å². The standard InChI is InChI=1S/C17H23N3O2/c21-17(13-1-2-14-11-22-12-15(14)9-13)20-7-5-19(6-8-20)16-3-4-18-10-16/h1-2,9,16,18H,3-8,10-12H2. The Hall–Kier alpha value is -1.43. The van der Waals surface area contributed by atoms with Crippen LogP contribution in [0.2, 0.25) is 0 Å². The largest absolute Gasteiger partial charge is 0.372 e. The molecule has 0 radical (unpaired) electrons. The van der Waals surface area contributed by atoms with Crippen LogP contribution in [0.1, 0.15) is 27.9 Å². The van der Waals surface area contributed by atoms with Gasteiger partial charge in [-0.1, -0.05) is 6.07 Å². The van der Waals surface area contributed by atoms with E-state index in [1.165, 1.54) is 17.5 Å². The quantitative estimate of drug-likeness (QED) is 0.879. The number of hydrogen-bond donors (Lipinski definition) is 1. The summed E-state index contributed by atoms with van der Waals surface area (Å²) in [5.74, 6) is 0.166. The average molecular weight is 301 g/mol. The maximum absolute atomic E-state index is 12.7. The molecule has 4 rings (SSSR count). The van der Waals surface area contributed by atoms with Gasteiger partial charge in [0.2, 0.25) is 0 Å². The van der Waals surface area contributed by atoms with E-state index in [0.717, 1.165) is 44.8 Å². The van der Waals surface area contributed by atoms with Crippen LogP contribution in [-0.2, 0) is 18.0 Å². The molecule has 1 unspecified atom stereocenters.